The fourth-order valence-electron chi connectivity index (χ4n) is 1.98. The molecule has 3 rings (SSSR count). The summed E-state index contributed by atoms with van der Waals surface area (Å²) in [6, 6.07) is 8.67. The lowest BCUT2D eigenvalue weighted by atomic mass is 10.1. The van der Waals surface area contributed by atoms with E-state index in [9.17, 15) is 4.79 Å². The molecule has 0 aliphatic heterocycles. The first-order valence-corrected chi connectivity index (χ1v) is 6.08. The van der Waals surface area contributed by atoms with Crippen molar-refractivity contribution in [2.45, 2.75) is 0 Å². The van der Waals surface area contributed by atoms with E-state index in [1.807, 2.05) is 25.4 Å². The largest absolute Gasteiger partial charge is 0.399 e. The molecule has 6 heteroatoms. The number of nitrogens with zero attached hydrogens (tertiary/aromatic N) is 3. The van der Waals surface area contributed by atoms with E-state index in [4.69, 9.17) is 5.73 Å². The average molecular weight is 267 g/mol. The van der Waals surface area contributed by atoms with Gasteiger partial charge in [0.05, 0.1) is 11.9 Å². The highest BCUT2D eigenvalue weighted by Crippen LogP contribution is 2.20. The summed E-state index contributed by atoms with van der Waals surface area (Å²) < 4.78 is 1.67. The van der Waals surface area contributed by atoms with Gasteiger partial charge in [-0.1, -0.05) is 12.1 Å². The van der Waals surface area contributed by atoms with Gasteiger partial charge in [-0.05, 0) is 12.1 Å². The summed E-state index contributed by atoms with van der Waals surface area (Å²) in [4.78, 5) is 19.0. The molecule has 0 aliphatic rings. The number of rotatable bonds is 2. The average Bonchev–Trinajstić information content (AvgIpc) is 2.85. The van der Waals surface area contributed by atoms with E-state index in [1.165, 1.54) is 6.07 Å². The number of aromatic amines is 1. The molecule has 3 N–H and O–H groups in total. The molecule has 0 atom stereocenters. The van der Waals surface area contributed by atoms with Gasteiger partial charge in [0.15, 0.2) is 0 Å². The quantitative estimate of drug-likeness (QED) is 0.687. The van der Waals surface area contributed by atoms with Crippen LogP contribution in [-0.4, -0.2) is 19.7 Å². The van der Waals surface area contributed by atoms with Gasteiger partial charge < -0.3 is 10.7 Å². The first-order valence-electron chi connectivity index (χ1n) is 6.08. The molecule has 0 saturated carbocycles. The van der Waals surface area contributed by atoms with E-state index in [2.05, 4.69) is 15.1 Å². The summed E-state index contributed by atoms with van der Waals surface area (Å²) in [5, 5.41) is 4.08. The lowest BCUT2D eigenvalue weighted by molar-refractivity contribution is 0.768. The Bertz CT molecular complexity index is 818. The number of nitrogens with one attached hydrogen (secondary N) is 1. The van der Waals surface area contributed by atoms with Crippen LogP contribution >= 0.6 is 0 Å². The van der Waals surface area contributed by atoms with Gasteiger partial charge in [0.25, 0.3) is 5.56 Å². The normalized spacial score (nSPS) is 10.7. The molecule has 6 nitrogen and oxygen atoms in total. The van der Waals surface area contributed by atoms with Crippen LogP contribution in [0.1, 0.15) is 0 Å². The second-order valence-electron chi connectivity index (χ2n) is 4.51. The molecular formula is C14H13N5O. The molecular weight excluding hydrogens is 254 g/mol. The zero-order chi connectivity index (χ0) is 14.1. The van der Waals surface area contributed by atoms with Gasteiger partial charge in [-0.15, -0.1) is 0 Å². The monoisotopic (exact) mass is 267 g/mol. The molecule has 2 aromatic heterocycles. The highest BCUT2D eigenvalue weighted by Gasteiger charge is 2.07. The molecule has 2 heterocycles. The topological polar surface area (TPSA) is 89.6 Å². The molecule has 100 valence electrons. The van der Waals surface area contributed by atoms with E-state index in [0.717, 1.165) is 11.1 Å². The van der Waals surface area contributed by atoms with Crippen molar-refractivity contribution in [3.63, 3.8) is 0 Å². The van der Waals surface area contributed by atoms with Crippen LogP contribution in [0.5, 0.6) is 0 Å². The van der Waals surface area contributed by atoms with Gasteiger partial charge in [-0.3, -0.25) is 9.48 Å². The maximum Gasteiger partial charge on any atom is 0.251 e. The molecule has 3 aromatic rings. The van der Waals surface area contributed by atoms with Gasteiger partial charge in [0.1, 0.15) is 5.82 Å². The summed E-state index contributed by atoms with van der Waals surface area (Å²) >= 11 is 0. The zero-order valence-corrected chi connectivity index (χ0v) is 10.9. The maximum absolute atomic E-state index is 11.8. The van der Waals surface area contributed by atoms with Crippen LogP contribution in [0.15, 0.2) is 47.5 Å². The van der Waals surface area contributed by atoms with Crippen molar-refractivity contribution in [3.8, 4) is 22.6 Å². The third kappa shape index (κ3) is 2.31. The Morgan fingerprint density at radius 1 is 1.25 bits per heavy atom. The maximum atomic E-state index is 11.8. The standard InChI is InChI=1S/C14H13N5O/c1-19-8-10(7-16-19)12-6-13(20)18-14(17-12)9-3-2-4-11(15)5-9/h2-8H,15H2,1H3,(H,17,18,20). The number of nitrogen functional groups attached to an aromatic ring is 1. The third-order valence-corrected chi connectivity index (χ3v) is 2.90. The zero-order valence-electron chi connectivity index (χ0n) is 10.9. The smallest absolute Gasteiger partial charge is 0.251 e. The summed E-state index contributed by atoms with van der Waals surface area (Å²) in [6.45, 7) is 0. The molecule has 0 aliphatic carbocycles. The van der Waals surface area contributed by atoms with Crippen LogP contribution in [0.25, 0.3) is 22.6 Å². The number of hydrogen-bond donors (Lipinski definition) is 2. The summed E-state index contributed by atoms with van der Waals surface area (Å²) in [7, 11) is 1.81. The fraction of sp³-hybridized carbons (Fsp3) is 0.0714. The van der Waals surface area contributed by atoms with Crippen LogP contribution in [0.3, 0.4) is 0 Å². The van der Waals surface area contributed by atoms with Gasteiger partial charge in [-0.2, -0.15) is 5.10 Å². The van der Waals surface area contributed by atoms with Crippen molar-refractivity contribution in [2.24, 2.45) is 7.05 Å². The molecule has 20 heavy (non-hydrogen) atoms. The lowest BCUT2D eigenvalue weighted by Crippen LogP contribution is -2.08. The number of nitrogens with two attached hydrogens (primary N) is 1. The van der Waals surface area contributed by atoms with Gasteiger partial charge in [0, 0.05) is 36.1 Å². The molecule has 0 spiro atoms. The van der Waals surface area contributed by atoms with E-state index in [0.29, 0.717) is 17.2 Å². The van der Waals surface area contributed by atoms with Crippen molar-refractivity contribution < 1.29 is 0 Å². The van der Waals surface area contributed by atoms with Gasteiger partial charge >= 0.3 is 0 Å². The van der Waals surface area contributed by atoms with Crippen molar-refractivity contribution in [3.05, 3.63) is 53.1 Å². The number of aromatic nitrogens is 4. The lowest BCUT2D eigenvalue weighted by Gasteiger charge is -2.04. The highest BCUT2D eigenvalue weighted by atomic mass is 16.1. The third-order valence-electron chi connectivity index (χ3n) is 2.90. The second-order valence-corrected chi connectivity index (χ2v) is 4.51. The van der Waals surface area contributed by atoms with Crippen molar-refractivity contribution in [1.82, 2.24) is 19.7 Å². The van der Waals surface area contributed by atoms with Gasteiger partial charge in [0.2, 0.25) is 0 Å². The number of aryl methyl sites for hydroxylation is 1. The summed E-state index contributed by atoms with van der Waals surface area (Å²) in [5.74, 6) is 0.489. The van der Waals surface area contributed by atoms with E-state index in [1.54, 1.807) is 23.0 Å². The Labute approximate surface area is 114 Å². The molecule has 0 amide bonds. The van der Waals surface area contributed by atoms with Crippen LogP contribution in [0.2, 0.25) is 0 Å². The second kappa shape index (κ2) is 4.65. The van der Waals surface area contributed by atoms with Gasteiger partial charge in [-0.25, -0.2) is 4.98 Å². The molecule has 0 saturated heterocycles. The predicted molar refractivity (Wildman–Crippen MR) is 76.9 cm³/mol. The Hall–Kier alpha value is -2.89. The molecule has 1 aromatic carbocycles. The molecule has 0 unspecified atom stereocenters. The minimum atomic E-state index is -0.212. The fourth-order valence-corrected chi connectivity index (χ4v) is 1.98. The number of anilines is 1. The minimum absolute atomic E-state index is 0.212. The predicted octanol–water partition coefficient (Wildman–Crippen LogP) is 1.42. The van der Waals surface area contributed by atoms with Crippen LogP contribution in [-0.2, 0) is 7.05 Å². The van der Waals surface area contributed by atoms with Crippen LogP contribution < -0.4 is 11.3 Å². The number of benzene rings is 1. The first kappa shape index (κ1) is 12.2. The SMILES string of the molecule is Cn1cc(-c2cc(=O)[nH]c(-c3cccc(N)c3)n2)cn1. The first-order chi connectivity index (χ1) is 9.61. The Balaban J connectivity index is 2.14. The summed E-state index contributed by atoms with van der Waals surface area (Å²) in [5.41, 5.74) is 8.31. The van der Waals surface area contributed by atoms with E-state index in [-0.39, 0.29) is 5.56 Å². The van der Waals surface area contributed by atoms with E-state index < -0.39 is 0 Å². The minimum Gasteiger partial charge on any atom is -0.399 e. The molecule has 0 bridgehead atoms. The number of hydrogen-bond acceptors (Lipinski definition) is 4. The van der Waals surface area contributed by atoms with Crippen LogP contribution in [0, 0.1) is 0 Å². The van der Waals surface area contributed by atoms with Crippen molar-refractivity contribution >= 4 is 5.69 Å². The van der Waals surface area contributed by atoms with Crippen molar-refractivity contribution in [2.75, 3.05) is 5.73 Å². The van der Waals surface area contributed by atoms with Crippen molar-refractivity contribution in [1.29, 1.82) is 0 Å². The Morgan fingerprint density at radius 3 is 2.80 bits per heavy atom. The summed E-state index contributed by atoms with van der Waals surface area (Å²) in [6.07, 6.45) is 3.48. The van der Waals surface area contributed by atoms with E-state index >= 15 is 0 Å². The van der Waals surface area contributed by atoms with Crippen LogP contribution in [0.4, 0.5) is 5.69 Å². The highest BCUT2D eigenvalue weighted by molar-refractivity contribution is 5.64. The molecule has 0 radical (unpaired) electrons. The Morgan fingerprint density at radius 2 is 2.10 bits per heavy atom. The molecule has 0 fully saturated rings. The Kier molecular flexibility index (Phi) is 2.83. The number of H-pyrrole nitrogens is 1.